The van der Waals surface area contributed by atoms with Crippen LogP contribution in [0.15, 0.2) is 64.0 Å². The maximum atomic E-state index is 12.8. The van der Waals surface area contributed by atoms with Gasteiger partial charge in [-0.25, -0.2) is 12.4 Å². The fourth-order valence-electron chi connectivity index (χ4n) is 2.06. The predicted molar refractivity (Wildman–Crippen MR) is 91.4 cm³/mol. The third-order valence-electron chi connectivity index (χ3n) is 2.96. The third-order valence-corrected chi connectivity index (χ3v) is 6.32. The summed E-state index contributed by atoms with van der Waals surface area (Å²) < 4.78 is 28.5. The van der Waals surface area contributed by atoms with Crippen molar-refractivity contribution < 1.29 is 8.42 Å². The van der Waals surface area contributed by atoms with Gasteiger partial charge in [-0.3, -0.25) is 0 Å². The second-order valence-corrected chi connectivity index (χ2v) is 8.06. The standard InChI is InChI=1S/C14H9BrINO2S/c15-11-7-6-10-8-14(16)17(13(10)9-11)20(18,19)12-4-2-1-3-5-12/h1-9H. The van der Waals surface area contributed by atoms with Crippen molar-refractivity contribution in [2.24, 2.45) is 0 Å². The van der Waals surface area contributed by atoms with Gasteiger partial charge in [0, 0.05) is 9.86 Å². The van der Waals surface area contributed by atoms with Gasteiger partial charge in [-0.1, -0.05) is 40.2 Å². The fraction of sp³-hybridized carbons (Fsp3) is 0. The molecule has 0 radical (unpaired) electrons. The van der Waals surface area contributed by atoms with Gasteiger partial charge < -0.3 is 0 Å². The van der Waals surface area contributed by atoms with Crippen LogP contribution in [0.1, 0.15) is 0 Å². The van der Waals surface area contributed by atoms with Gasteiger partial charge in [0.1, 0.15) is 0 Å². The molecule has 0 aliphatic carbocycles. The highest BCUT2D eigenvalue weighted by atomic mass is 127. The number of hydrogen-bond acceptors (Lipinski definition) is 2. The summed E-state index contributed by atoms with van der Waals surface area (Å²) in [6.07, 6.45) is 0. The van der Waals surface area contributed by atoms with Gasteiger partial charge in [-0.2, -0.15) is 0 Å². The molecule has 0 bridgehead atoms. The molecule has 0 saturated carbocycles. The maximum Gasteiger partial charge on any atom is 0.269 e. The Labute approximate surface area is 138 Å². The summed E-state index contributed by atoms with van der Waals surface area (Å²) in [7, 11) is -3.58. The molecule has 0 atom stereocenters. The minimum atomic E-state index is -3.58. The summed E-state index contributed by atoms with van der Waals surface area (Å²) in [6, 6.07) is 15.9. The van der Waals surface area contributed by atoms with Crippen LogP contribution in [0.2, 0.25) is 0 Å². The highest BCUT2D eigenvalue weighted by Gasteiger charge is 2.21. The molecule has 3 aromatic rings. The van der Waals surface area contributed by atoms with Gasteiger partial charge in [-0.15, -0.1) is 0 Å². The van der Waals surface area contributed by atoms with Gasteiger partial charge in [0.25, 0.3) is 10.0 Å². The first-order valence-electron chi connectivity index (χ1n) is 5.77. The number of halogens is 2. The van der Waals surface area contributed by atoms with E-state index in [2.05, 4.69) is 15.9 Å². The Bertz CT molecular complexity index is 888. The van der Waals surface area contributed by atoms with Crippen molar-refractivity contribution in [1.29, 1.82) is 0 Å². The highest BCUT2D eigenvalue weighted by molar-refractivity contribution is 14.1. The average molecular weight is 462 g/mol. The van der Waals surface area contributed by atoms with E-state index in [0.29, 0.717) is 9.22 Å². The molecule has 1 aromatic heterocycles. The van der Waals surface area contributed by atoms with Crippen molar-refractivity contribution in [3.05, 3.63) is 62.8 Å². The second-order valence-electron chi connectivity index (χ2n) is 4.25. The normalized spacial score (nSPS) is 11.9. The summed E-state index contributed by atoms with van der Waals surface area (Å²) >= 11 is 5.43. The summed E-state index contributed by atoms with van der Waals surface area (Å²) in [5, 5.41) is 0.900. The van der Waals surface area contributed by atoms with Gasteiger partial charge in [0.15, 0.2) is 0 Å². The van der Waals surface area contributed by atoms with Crippen LogP contribution < -0.4 is 0 Å². The van der Waals surface area contributed by atoms with E-state index in [4.69, 9.17) is 0 Å². The van der Waals surface area contributed by atoms with E-state index in [1.807, 2.05) is 46.9 Å². The lowest BCUT2D eigenvalue weighted by Gasteiger charge is -2.09. The molecule has 102 valence electrons. The topological polar surface area (TPSA) is 39.1 Å². The second kappa shape index (κ2) is 5.16. The Morgan fingerprint density at radius 2 is 1.70 bits per heavy atom. The summed E-state index contributed by atoms with van der Waals surface area (Å²) in [6.45, 7) is 0. The lowest BCUT2D eigenvalue weighted by atomic mass is 10.3. The van der Waals surface area contributed by atoms with E-state index in [1.165, 1.54) is 3.97 Å². The largest absolute Gasteiger partial charge is 0.269 e. The molecule has 0 N–H and O–H groups in total. The number of hydrogen-bond donors (Lipinski definition) is 0. The summed E-state index contributed by atoms with van der Waals surface area (Å²) in [5.74, 6) is 0. The number of fused-ring (bicyclic) bond motifs is 1. The van der Waals surface area contributed by atoms with Crippen molar-refractivity contribution in [3.8, 4) is 0 Å². The Kier molecular flexibility index (Phi) is 3.64. The van der Waals surface area contributed by atoms with Crippen LogP contribution in [-0.2, 0) is 10.0 Å². The van der Waals surface area contributed by atoms with E-state index >= 15 is 0 Å². The first kappa shape index (κ1) is 14.1. The number of nitrogens with zero attached hydrogens (tertiary/aromatic N) is 1. The number of aromatic nitrogens is 1. The van der Waals surface area contributed by atoms with Crippen LogP contribution in [0.5, 0.6) is 0 Å². The van der Waals surface area contributed by atoms with Crippen molar-refractivity contribution in [1.82, 2.24) is 3.97 Å². The predicted octanol–water partition coefficient (Wildman–Crippen LogP) is 4.25. The molecular formula is C14H9BrINO2S. The molecule has 3 nitrogen and oxygen atoms in total. The quantitative estimate of drug-likeness (QED) is 0.535. The first-order chi connectivity index (χ1) is 9.50. The lowest BCUT2D eigenvalue weighted by Crippen LogP contribution is -2.14. The van der Waals surface area contributed by atoms with Crippen molar-refractivity contribution in [2.75, 3.05) is 0 Å². The third kappa shape index (κ3) is 2.29. The molecule has 1 heterocycles. The molecule has 0 spiro atoms. The smallest absolute Gasteiger partial charge is 0.228 e. The Morgan fingerprint density at radius 1 is 1.00 bits per heavy atom. The molecule has 0 aliphatic rings. The molecule has 2 aromatic carbocycles. The number of benzene rings is 2. The Morgan fingerprint density at radius 3 is 2.40 bits per heavy atom. The zero-order valence-corrected chi connectivity index (χ0v) is 14.7. The van der Waals surface area contributed by atoms with E-state index in [1.54, 1.807) is 30.3 Å². The number of rotatable bonds is 2. The Hall–Kier alpha value is -0.860. The fourth-order valence-corrected chi connectivity index (χ4v) is 5.19. The zero-order chi connectivity index (χ0) is 14.3. The molecule has 3 rings (SSSR count). The SMILES string of the molecule is O=S(=O)(c1ccccc1)n1c(I)cc2ccc(Br)cc21. The van der Waals surface area contributed by atoms with Crippen LogP contribution in [-0.4, -0.2) is 12.4 Å². The van der Waals surface area contributed by atoms with Crippen molar-refractivity contribution in [2.45, 2.75) is 4.90 Å². The molecule has 0 fully saturated rings. The van der Waals surface area contributed by atoms with Crippen LogP contribution >= 0.6 is 38.5 Å². The first-order valence-corrected chi connectivity index (χ1v) is 9.08. The molecule has 0 saturated heterocycles. The summed E-state index contributed by atoms with van der Waals surface area (Å²) in [4.78, 5) is 0.287. The van der Waals surface area contributed by atoms with E-state index < -0.39 is 10.0 Å². The summed E-state index contributed by atoms with van der Waals surface area (Å²) in [5.41, 5.74) is 0.674. The molecule has 20 heavy (non-hydrogen) atoms. The monoisotopic (exact) mass is 461 g/mol. The lowest BCUT2D eigenvalue weighted by molar-refractivity contribution is 0.588. The molecule has 0 amide bonds. The minimum absolute atomic E-state index is 0.287. The van der Waals surface area contributed by atoms with Gasteiger partial charge >= 0.3 is 0 Å². The van der Waals surface area contributed by atoms with Crippen LogP contribution in [0.4, 0.5) is 0 Å². The van der Waals surface area contributed by atoms with E-state index in [-0.39, 0.29) is 4.90 Å². The van der Waals surface area contributed by atoms with Gasteiger partial charge in [0.2, 0.25) is 0 Å². The van der Waals surface area contributed by atoms with E-state index in [9.17, 15) is 8.42 Å². The van der Waals surface area contributed by atoms with Crippen molar-refractivity contribution >= 4 is 59.4 Å². The molecule has 0 aliphatic heterocycles. The van der Waals surface area contributed by atoms with Crippen LogP contribution in [0.25, 0.3) is 10.9 Å². The van der Waals surface area contributed by atoms with Gasteiger partial charge in [-0.05, 0) is 52.9 Å². The van der Waals surface area contributed by atoms with E-state index in [0.717, 1.165) is 9.86 Å². The highest BCUT2D eigenvalue weighted by Crippen LogP contribution is 2.28. The minimum Gasteiger partial charge on any atom is -0.228 e. The van der Waals surface area contributed by atoms with Crippen LogP contribution in [0, 0.1) is 3.70 Å². The molecular weight excluding hydrogens is 453 g/mol. The maximum absolute atomic E-state index is 12.8. The van der Waals surface area contributed by atoms with Crippen molar-refractivity contribution in [3.63, 3.8) is 0 Å². The zero-order valence-electron chi connectivity index (χ0n) is 10.1. The Balaban J connectivity index is 2.35. The average Bonchev–Trinajstić information content (AvgIpc) is 2.75. The van der Waals surface area contributed by atoms with Crippen LogP contribution in [0.3, 0.4) is 0 Å². The van der Waals surface area contributed by atoms with Gasteiger partial charge in [0.05, 0.1) is 14.1 Å². The molecule has 6 heteroatoms. The molecule has 0 unspecified atom stereocenters.